The third-order valence-electron chi connectivity index (χ3n) is 5.97. The van der Waals surface area contributed by atoms with Crippen molar-refractivity contribution in [3.05, 3.63) is 34.9 Å². The van der Waals surface area contributed by atoms with Gasteiger partial charge in [-0.05, 0) is 58.6 Å². The van der Waals surface area contributed by atoms with Crippen LogP contribution in [0.1, 0.15) is 109 Å². The lowest BCUT2D eigenvalue weighted by molar-refractivity contribution is -0.140. The molecule has 0 fully saturated rings. The van der Waals surface area contributed by atoms with E-state index in [1.165, 1.54) is 0 Å². The number of nitrogens with one attached hydrogen (secondary N) is 2. The Morgan fingerprint density at radius 3 is 2.17 bits per heavy atom. The second-order valence-corrected chi connectivity index (χ2v) is 10.6. The summed E-state index contributed by atoms with van der Waals surface area (Å²) in [6.07, 6.45) is 7.49. The maximum atomic E-state index is 13.5. The van der Waals surface area contributed by atoms with Crippen LogP contribution >= 0.6 is 0 Å². The minimum atomic E-state index is -0.758. The van der Waals surface area contributed by atoms with Crippen LogP contribution in [0.15, 0.2) is 18.2 Å². The van der Waals surface area contributed by atoms with E-state index < -0.39 is 17.7 Å². The molecule has 0 saturated carbocycles. The summed E-state index contributed by atoms with van der Waals surface area (Å²) in [4.78, 5) is 40.9. The number of benzene rings is 1. The van der Waals surface area contributed by atoms with Gasteiger partial charge < -0.3 is 20.3 Å². The van der Waals surface area contributed by atoms with Gasteiger partial charge in [0, 0.05) is 13.1 Å². The highest BCUT2D eigenvalue weighted by Gasteiger charge is 2.32. The molecular formula is C29H49N3O4. The molecule has 0 aliphatic rings. The number of hydrogen-bond donors (Lipinski definition) is 2. The number of carbonyl (C=O) groups is 3. The number of carbonyl (C=O) groups excluding carboxylic acids is 3. The van der Waals surface area contributed by atoms with Crippen LogP contribution in [0.2, 0.25) is 0 Å². The average molecular weight is 504 g/mol. The number of ether oxygens (including phenoxy) is 1. The zero-order chi connectivity index (χ0) is 27.1. The standard InChI is InChI=1S/C29H49N3O4/c1-8-10-12-13-15-19-32(25(33)21-31-28(35)36-29(5,6)7)26(27(34)30-18-14-11-9-2)24-17-16-22(3)20-23(24)4/h16-17,20,26H,8-15,18-19,21H2,1-7H3,(H,30,34)(H,31,35). The van der Waals surface area contributed by atoms with Crippen LogP contribution in [-0.4, -0.2) is 48.0 Å². The fourth-order valence-electron chi connectivity index (χ4n) is 4.11. The molecule has 1 aromatic rings. The van der Waals surface area contributed by atoms with Gasteiger partial charge in [-0.2, -0.15) is 0 Å². The van der Waals surface area contributed by atoms with E-state index in [9.17, 15) is 14.4 Å². The summed E-state index contributed by atoms with van der Waals surface area (Å²) < 4.78 is 5.29. The van der Waals surface area contributed by atoms with Crippen molar-refractivity contribution in [1.82, 2.24) is 15.5 Å². The highest BCUT2D eigenvalue weighted by Crippen LogP contribution is 2.26. The molecular weight excluding hydrogens is 454 g/mol. The Morgan fingerprint density at radius 2 is 1.56 bits per heavy atom. The minimum absolute atomic E-state index is 0.183. The molecule has 0 spiro atoms. The van der Waals surface area contributed by atoms with E-state index in [0.717, 1.165) is 68.1 Å². The molecule has 0 aliphatic carbocycles. The summed E-state index contributed by atoms with van der Waals surface area (Å²) in [6, 6.07) is 5.20. The van der Waals surface area contributed by atoms with E-state index in [4.69, 9.17) is 4.74 Å². The molecule has 0 radical (unpaired) electrons. The Balaban J connectivity index is 3.20. The Labute approximate surface area is 218 Å². The number of aryl methyl sites for hydroxylation is 2. The highest BCUT2D eigenvalue weighted by atomic mass is 16.6. The minimum Gasteiger partial charge on any atom is -0.444 e. The Hall–Kier alpha value is -2.57. The van der Waals surface area contributed by atoms with Crippen molar-refractivity contribution in [2.75, 3.05) is 19.6 Å². The molecule has 36 heavy (non-hydrogen) atoms. The molecule has 7 nitrogen and oxygen atoms in total. The van der Waals surface area contributed by atoms with Gasteiger partial charge in [-0.3, -0.25) is 9.59 Å². The fraction of sp³-hybridized carbons (Fsp3) is 0.690. The normalized spacial score (nSPS) is 12.1. The number of alkyl carbamates (subject to hydrolysis) is 1. The molecule has 1 atom stereocenters. The lowest BCUT2D eigenvalue weighted by atomic mass is 9.96. The molecule has 2 N–H and O–H groups in total. The van der Waals surface area contributed by atoms with Gasteiger partial charge in [0.05, 0.1) is 0 Å². The van der Waals surface area contributed by atoms with Gasteiger partial charge in [-0.15, -0.1) is 0 Å². The Morgan fingerprint density at radius 1 is 0.917 bits per heavy atom. The molecule has 0 heterocycles. The van der Waals surface area contributed by atoms with Crippen LogP contribution in [0.4, 0.5) is 4.79 Å². The van der Waals surface area contributed by atoms with Gasteiger partial charge in [0.2, 0.25) is 11.8 Å². The number of nitrogens with zero attached hydrogens (tertiary/aromatic N) is 1. The number of unbranched alkanes of at least 4 members (excludes halogenated alkanes) is 6. The molecule has 1 aromatic carbocycles. The predicted molar refractivity (Wildman–Crippen MR) is 146 cm³/mol. The predicted octanol–water partition coefficient (Wildman–Crippen LogP) is 5.97. The first-order valence-corrected chi connectivity index (χ1v) is 13.6. The second-order valence-electron chi connectivity index (χ2n) is 10.6. The number of amides is 3. The molecule has 0 aliphatic heterocycles. The zero-order valence-corrected chi connectivity index (χ0v) is 23.7. The molecule has 3 amide bonds. The van der Waals surface area contributed by atoms with Crippen LogP contribution in [0.3, 0.4) is 0 Å². The van der Waals surface area contributed by atoms with Gasteiger partial charge >= 0.3 is 6.09 Å². The summed E-state index contributed by atoms with van der Waals surface area (Å²) in [5.41, 5.74) is 2.22. The van der Waals surface area contributed by atoms with Gasteiger partial charge in [0.15, 0.2) is 0 Å². The van der Waals surface area contributed by atoms with Gasteiger partial charge in [-0.25, -0.2) is 4.79 Å². The SMILES string of the molecule is CCCCCCCN(C(=O)CNC(=O)OC(C)(C)C)C(C(=O)NCCCCC)c1ccc(C)cc1C. The third-order valence-corrected chi connectivity index (χ3v) is 5.97. The van der Waals surface area contributed by atoms with Crippen molar-refractivity contribution in [1.29, 1.82) is 0 Å². The molecule has 1 rings (SSSR count). The lowest BCUT2D eigenvalue weighted by Crippen LogP contribution is -2.48. The van der Waals surface area contributed by atoms with E-state index in [0.29, 0.717) is 13.1 Å². The number of hydrogen-bond acceptors (Lipinski definition) is 4. The maximum absolute atomic E-state index is 13.5. The highest BCUT2D eigenvalue weighted by molar-refractivity contribution is 5.90. The zero-order valence-electron chi connectivity index (χ0n) is 23.7. The van der Waals surface area contributed by atoms with Crippen LogP contribution in [-0.2, 0) is 14.3 Å². The van der Waals surface area contributed by atoms with E-state index in [1.807, 2.05) is 32.0 Å². The van der Waals surface area contributed by atoms with E-state index in [1.54, 1.807) is 25.7 Å². The summed E-state index contributed by atoms with van der Waals surface area (Å²) in [5.74, 6) is -0.484. The van der Waals surface area contributed by atoms with Gasteiger partial charge in [0.25, 0.3) is 0 Å². The summed E-state index contributed by atoms with van der Waals surface area (Å²) >= 11 is 0. The first-order valence-electron chi connectivity index (χ1n) is 13.6. The summed E-state index contributed by atoms with van der Waals surface area (Å²) in [6.45, 7) is 14.4. The quantitative estimate of drug-likeness (QED) is 0.288. The second kappa shape index (κ2) is 16.2. The van der Waals surface area contributed by atoms with E-state index in [-0.39, 0.29) is 18.4 Å². The fourth-order valence-corrected chi connectivity index (χ4v) is 4.11. The Bertz CT molecular complexity index is 832. The van der Waals surface area contributed by atoms with Crippen molar-refractivity contribution in [2.45, 2.75) is 111 Å². The first-order chi connectivity index (χ1) is 17.0. The molecule has 204 valence electrons. The molecule has 7 heteroatoms. The van der Waals surface area contributed by atoms with E-state index >= 15 is 0 Å². The third kappa shape index (κ3) is 11.9. The topological polar surface area (TPSA) is 87.7 Å². The largest absolute Gasteiger partial charge is 0.444 e. The van der Waals surface area contributed by atoms with Gasteiger partial charge in [0.1, 0.15) is 18.2 Å². The number of rotatable bonds is 15. The van der Waals surface area contributed by atoms with Crippen LogP contribution in [0.5, 0.6) is 0 Å². The van der Waals surface area contributed by atoms with Crippen molar-refractivity contribution in [3.8, 4) is 0 Å². The molecule has 0 aromatic heterocycles. The van der Waals surface area contributed by atoms with E-state index in [2.05, 4.69) is 24.5 Å². The average Bonchev–Trinajstić information content (AvgIpc) is 2.79. The summed E-state index contributed by atoms with van der Waals surface area (Å²) in [5, 5.41) is 5.63. The smallest absolute Gasteiger partial charge is 0.408 e. The summed E-state index contributed by atoms with van der Waals surface area (Å²) in [7, 11) is 0. The van der Waals surface area contributed by atoms with Crippen molar-refractivity contribution in [3.63, 3.8) is 0 Å². The monoisotopic (exact) mass is 503 g/mol. The van der Waals surface area contributed by atoms with Crippen LogP contribution in [0.25, 0.3) is 0 Å². The van der Waals surface area contributed by atoms with Crippen molar-refractivity contribution in [2.24, 2.45) is 0 Å². The maximum Gasteiger partial charge on any atom is 0.408 e. The first kappa shape index (κ1) is 31.5. The van der Waals surface area contributed by atoms with Gasteiger partial charge in [-0.1, -0.05) is 76.1 Å². The van der Waals surface area contributed by atoms with Crippen LogP contribution in [0, 0.1) is 13.8 Å². The van der Waals surface area contributed by atoms with Crippen molar-refractivity contribution < 1.29 is 19.1 Å². The molecule has 1 unspecified atom stereocenters. The lowest BCUT2D eigenvalue weighted by Gasteiger charge is -2.33. The van der Waals surface area contributed by atoms with Crippen LogP contribution < -0.4 is 10.6 Å². The molecule has 0 saturated heterocycles. The van der Waals surface area contributed by atoms with Crippen molar-refractivity contribution >= 4 is 17.9 Å². The molecule has 0 bridgehead atoms. The Kier molecular flexibility index (Phi) is 14.2.